The zero-order chi connectivity index (χ0) is 49.6. The lowest BCUT2D eigenvalue weighted by Crippen LogP contribution is -2.41. The number of aromatic hydroxyl groups is 1. The Bertz CT molecular complexity index is 3060. The van der Waals surface area contributed by atoms with E-state index in [4.69, 9.17) is 26.4 Å². The average molecular weight is 981 g/mol. The highest BCUT2D eigenvalue weighted by Gasteiger charge is 2.37. The minimum atomic E-state index is -4.52. The van der Waals surface area contributed by atoms with Gasteiger partial charge in [-0.15, -0.1) is 11.6 Å². The summed E-state index contributed by atoms with van der Waals surface area (Å²) in [6.07, 6.45) is 2.00. The summed E-state index contributed by atoms with van der Waals surface area (Å²) >= 11 is 6.55. The van der Waals surface area contributed by atoms with Crippen LogP contribution in [0.5, 0.6) is 11.5 Å². The first-order chi connectivity index (χ1) is 33.0. The van der Waals surface area contributed by atoms with Crippen LogP contribution in [0.2, 0.25) is 0 Å². The lowest BCUT2D eigenvalue weighted by Gasteiger charge is -2.25. The second kappa shape index (κ2) is 21.2. The fraction of sp³-hybridized carbons (Fsp3) is 0.261. The van der Waals surface area contributed by atoms with E-state index < -0.39 is 50.2 Å². The number of ether oxygens (including phenoxy) is 1. The number of aromatic nitrogens is 2. The minimum Gasteiger partial charge on any atom is -0.508 e. The molecule has 23 heteroatoms. The van der Waals surface area contributed by atoms with E-state index in [0.29, 0.717) is 33.5 Å². The Morgan fingerprint density at radius 2 is 1.71 bits per heavy atom. The number of likely N-dealkylation sites (N-methyl/N-ethyl adjacent to an activating group) is 2. The first-order valence-electron chi connectivity index (χ1n) is 21.3. The summed E-state index contributed by atoms with van der Waals surface area (Å²) < 4.78 is 26.9. The smallest absolute Gasteiger partial charge is 0.415 e. The van der Waals surface area contributed by atoms with Gasteiger partial charge in [0.05, 0.1) is 24.5 Å². The Labute approximate surface area is 399 Å². The summed E-state index contributed by atoms with van der Waals surface area (Å²) in [6.45, 7) is 1.37. The van der Waals surface area contributed by atoms with Gasteiger partial charge in [-0.05, 0) is 90.1 Å². The number of rotatable bonds is 18. The lowest BCUT2D eigenvalue weighted by molar-refractivity contribution is -0.139. The van der Waals surface area contributed by atoms with Crippen molar-refractivity contribution in [3.8, 4) is 11.5 Å². The van der Waals surface area contributed by atoms with Gasteiger partial charge in [-0.3, -0.25) is 18.9 Å². The zero-order valence-electron chi connectivity index (χ0n) is 37.4. The molecule has 6 aromatic rings. The normalized spacial score (nSPS) is 14.4. The number of fused-ring (bicyclic) bond motifs is 4. The highest BCUT2D eigenvalue weighted by atomic mass is 35.5. The molecule has 69 heavy (non-hydrogen) atoms. The SMILES string of the molecule is Cc1cccc2c(OC(=O)N(C)CCN(C)P(=O)(O)OCC[C@H](NC(=O)c3ccc(CN=[N+]=[N-])cc3)C(=O)O)cc3c(c12)[C@H](CCl)CN3C(=O)c1cn2cc(NC(=O)c3ccc(O)cc3)ccc2n1. The molecule has 358 valence electrons. The fourth-order valence-electron chi connectivity index (χ4n) is 7.66. The quantitative estimate of drug-likeness (QED) is 0.0186. The van der Waals surface area contributed by atoms with Crippen molar-refractivity contribution in [2.24, 2.45) is 5.11 Å². The van der Waals surface area contributed by atoms with E-state index >= 15 is 0 Å². The van der Waals surface area contributed by atoms with Crippen LogP contribution in [0.3, 0.4) is 0 Å². The molecule has 0 fully saturated rings. The molecule has 7 rings (SSSR count). The van der Waals surface area contributed by atoms with Crippen molar-refractivity contribution in [1.82, 2.24) is 24.3 Å². The summed E-state index contributed by atoms with van der Waals surface area (Å²) in [4.78, 5) is 86.2. The third-order valence-electron chi connectivity index (χ3n) is 11.4. The average Bonchev–Trinajstić information content (AvgIpc) is 3.93. The van der Waals surface area contributed by atoms with E-state index in [-0.39, 0.29) is 67.2 Å². The van der Waals surface area contributed by atoms with Crippen LogP contribution < -0.4 is 20.3 Å². The van der Waals surface area contributed by atoms with Crippen molar-refractivity contribution in [3.05, 3.63) is 141 Å². The van der Waals surface area contributed by atoms with Crippen LogP contribution in [0.4, 0.5) is 16.2 Å². The van der Waals surface area contributed by atoms with Crippen LogP contribution in [0, 0.1) is 6.92 Å². The van der Waals surface area contributed by atoms with Crippen LogP contribution in [0.15, 0.2) is 102 Å². The van der Waals surface area contributed by atoms with Gasteiger partial charge in [0.25, 0.3) is 17.7 Å². The zero-order valence-corrected chi connectivity index (χ0v) is 39.0. The number of benzene rings is 4. The summed E-state index contributed by atoms with van der Waals surface area (Å²) in [7, 11) is -1.80. The van der Waals surface area contributed by atoms with Gasteiger partial charge in [0.2, 0.25) is 0 Å². The molecule has 3 atom stereocenters. The first kappa shape index (κ1) is 49.4. The number of carboxylic acid groups (broad SMARTS) is 1. The molecule has 1 aliphatic heterocycles. The monoisotopic (exact) mass is 980 g/mol. The summed E-state index contributed by atoms with van der Waals surface area (Å²) in [5.74, 6) is -2.88. The number of imidazole rings is 1. The second-order valence-corrected chi connectivity index (χ2v) is 18.3. The Balaban J connectivity index is 1.00. The van der Waals surface area contributed by atoms with E-state index in [1.54, 1.807) is 58.1 Å². The molecule has 0 saturated heterocycles. The molecule has 1 aliphatic rings. The van der Waals surface area contributed by atoms with Crippen LogP contribution in [0.1, 0.15) is 60.2 Å². The van der Waals surface area contributed by atoms with Gasteiger partial charge >= 0.3 is 19.8 Å². The van der Waals surface area contributed by atoms with E-state index in [0.717, 1.165) is 21.2 Å². The highest BCUT2D eigenvalue weighted by Crippen LogP contribution is 2.48. The third-order valence-corrected chi connectivity index (χ3v) is 13.4. The number of hydrogen-bond donors (Lipinski definition) is 5. The third kappa shape index (κ3) is 11.3. The maximum Gasteiger partial charge on any atom is 0.415 e. The molecular weight excluding hydrogens is 935 g/mol. The maximum atomic E-state index is 14.4. The van der Waals surface area contributed by atoms with E-state index in [1.807, 2.05) is 19.1 Å². The van der Waals surface area contributed by atoms with Gasteiger partial charge in [-0.2, -0.15) is 0 Å². The first-order valence-corrected chi connectivity index (χ1v) is 23.3. The van der Waals surface area contributed by atoms with Crippen molar-refractivity contribution >= 4 is 76.9 Å². The molecule has 0 spiro atoms. The molecule has 0 radical (unpaired) electrons. The van der Waals surface area contributed by atoms with Gasteiger partial charge in [-0.25, -0.2) is 23.8 Å². The number of phenols is 1. The number of pyridine rings is 1. The van der Waals surface area contributed by atoms with Crippen LogP contribution in [-0.2, 0) is 20.4 Å². The number of aryl methyl sites for hydroxylation is 1. The van der Waals surface area contributed by atoms with Crippen LogP contribution >= 0.6 is 19.3 Å². The standard InChI is InChI=1S/C46H46ClN10O11P/c1-27-5-4-6-34-38(68-46(64)54(2)18-19-55(3)69(65,66)67-20-17-35(45(62)63)52-43(60)29-9-7-28(8-10-29)23-49-53-48)21-37-41(40(27)34)31(22-47)24-57(37)44(61)36-26-56-25-32(13-16-39(56)51-36)50-42(59)30-11-14-33(58)15-12-30/h4-16,21,25-26,31,35,58H,17-20,22-24H2,1-3H3,(H,50,59)(H,52,60)(H,62,63)(H,65,66)/t31-,35+/m1/s1. The van der Waals surface area contributed by atoms with Gasteiger partial charge in [0.1, 0.15) is 28.9 Å². The molecular formula is C46H46ClN10O11P. The molecule has 0 bridgehead atoms. The molecule has 5 N–H and O–H groups in total. The Kier molecular flexibility index (Phi) is 15.2. The highest BCUT2D eigenvalue weighted by molar-refractivity contribution is 7.50. The Morgan fingerprint density at radius 1 is 1.00 bits per heavy atom. The number of carbonyl (C=O) groups is 5. The van der Waals surface area contributed by atoms with Crippen LogP contribution in [-0.4, -0.2) is 116 Å². The minimum absolute atomic E-state index is 0.0281. The predicted octanol–water partition coefficient (Wildman–Crippen LogP) is 7.30. The van der Waals surface area contributed by atoms with Crippen molar-refractivity contribution < 1.29 is 52.9 Å². The molecule has 2 aromatic heterocycles. The van der Waals surface area contributed by atoms with E-state index in [2.05, 4.69) is 25.6 Å². The predicted molar refractivity (Wildman–Crippen MR) is 255 cm³/mol. The number of nitrogens with zero attached hydrogens (tertiary/aromatic N) is 8. The number of hydrogen-bond acceptors (Lipinski definition) is 11. The molecule has 1 unspecified atom stereocenters. The summed E-state index contributed by atoms with van der Waals surface area (Å²) in [6, 6.07) is 20.7. The van der Waals surface area contributed by atoms with Gasteiger partial charge in [0, 0.05) is 84.8 Å². The van der Waals surface area contributed by atoms with Crippen LogP contribution in [0.25, 0.3) is 26.9 Å². The number of azide groups is 1. The molecule has 3 heterocycles. The largest absolute Gasteiger partial charge is 0.508 e. The molecule has 0 aliphatic carbocycles. The summed E-state index contributed by atoms with van der Waals surface area (Å²) in [5, 5.41) is 29.2. The maximum absolute atomic E-state index is 14.4. The van der Waals surface area contributed by atoms with E-state index in [9.17, 15) is 43.6 Å². The van der Waals surface area contributed by atoms with Gasteiger partial charge < -0.3 is 44.7 Å². The van der Waals surface area contributed by atoms with Crippen molar-refractivity contribution in [3.63, 3.8) is 0 Å². The fourth-order valence-corrected chi connectivity index (χ4v) is 8.79. The Morgan fingerprint density at radius 3 is 2.41 bits per heavy atom. The molecule has 21 nitrogen and oxygen atoms in total. The van der Waals surface area contributed by atoms with Crippen molar-refractivity contribution in [2.75, 3.05) is 56.4 Å². The van der Waals surface area contributed by atoms with Crippen molar-refractivity contribution in [1.29, 1.82) is 0 Å². The number of anilines is 2. The number of phenolic OH excluding ortho intramolecular Hbond substituents is 1. The van der Waals surface area contributed by atoms with Gasteiger partial charge in [-0.1, -0.05) is 35.4 Å². The van der Waals surface area contributed by atoms with Crippen molar-refractivity contribution in [2.45, 2.75) is 31.8 Å². The van der Waals surface area contributed by atoms with E-state index in [1.165, 1.54) is 55.4 Å². The number of aliphatic carboxylic acids is 1. The number of nitrogens with one attached hydrogen (secondary N) is 2. The number of alkyl halides is 1. The number of halogens is 1. The lowest BCUT2D eigenvalue weighted by atomic mass is 9.92. The number of carboxylic acids is 1. The summed E-state index contributed by atoms with van der Waals surface area (Å²) in [5.41, 5.74) is 12.7. The molecule has 4 aromatic carbocycles. The molecule has 4 amide bonds. The number of carbonyl (C=O) groups excluding carboxylic acids is 4. The number of amides is 4. The van der Waals surface area contributed by atoms with Gasteiger partial charge in [0.15, 0.2) is 0 Å². The topological polar surface area (TPSA) is 281 Å². The molecule has 0 saturated carbocycles. The Hall–Kier alpha value is -7.51. The second-order valence-electron chi connectivity index (χ2n) is 16.1.